The Kier molecular flexibility index (Phi) is 7.89. The average molecular weight is 551 g/mol. The molecule has 0 spiro atoms. The second-order valence-electron chi connectivity index (χ2n) is 10.7. The van der Waals surface area contributed by atoms with E-state index in [0.29, 0.717) is 28.4 Å². The zero-order valence-corrected chi connectivity index (χ0v) is 22.9. The van der Waals surface area contributed by atoms with Gasteiger partial charge >= 0.3 is 0 Å². The van der Waals surface area contributed by atoms with E-state index in [1.807, 2.05) is 71.4 Å². The van der Waals surface area contributed by atoms with Crippen LogP contribution in [0.1, 0.15) is 36.2 Å². The molecule has 0 bridgehead atoms. The predicted octanol–water partition coefficient (Wildman–Crippen LogP) is 4.68. The van der Waals surface area contributed by atoms with E-state index in [1.165, 1.54) is 0 Å². The summed E-state index contributed by atoms with van der Waals surface area (Å²) >= 11 is 0. The summed E-state index contributed by atoms with van der Waals surface area (Å²) in [4.78, 5) is 28.0. The monoisotopic (exact) mass is 550 g/mol. The van der Waals surface area contributed by atoms with Crippen molar-refractivity contribution in [3.63, 3.8) is 0 Å². The number of amides is 1. The normalized spacial score (nSPS) is 14.6. The number of hydrogen-bond donors (Lipinski definition) is 3. The predicted molar refractivity (Wildman–Crippen MR) is 161 cm³/mol. The highest BCUT2D eigenvalue weighted by atomic mass is 16.3. The Balaban J connectivity index is 1.16. The lowest BCUT2D eigenvalue weighted by atomic mass is 9.96. The van der Waals surface area contributed by atoms with Crippen LogP contribution in [0.4, 0.5) is 5.69 Å². The van der Waals surface area contributed by atoms with Gasteiger partial charge in [-0.3, -0.25) is 14.3 Å². The van der Waals surface area contributed by atoms with Crippen LogP contribution in [0.15, 0.2) is 77.6 Å². The number of likely N-dealkylation sites (tertiary alicyclic amines) is 1. The number of para-hydroxylation sites is 1. The SMILES string of the molecule is O=C(Nc1ccc(-c2n[nH]c(=O)c3ccccc23)cc1)c1nn(CC2CCN(CCCCO)CC2)c2ccccc12. The van der Waals surface area contributed by atoms with Gasteiger partial charge < -0.3 is 15.3 Å². The van der Waals surface area contributed by atoms with Gasteiger partial charge in [0.25, 0.3) is 11.5 Å². The van der Waals surface area contributed by atoms with Gasteiger partial charge in [0, 0.05) is 35.2 Å². The molecule has 3 heterocycles. The second kappa shape index (κ2) is 12.0. The van der Waals surface area contributed by atoms with Crippen molar-refractivity contribution in [2.45, 2.75) is 32.2 Å². The first-order chi connectivity index (χ1) is 20.1. The molecule has 210 valence electrons. The second-order valence-corrected chi connectivity index (χ2v) is 10.7. The molecule has 0 radical (unpaired) electrons. The minimum absolute atomic E-state index is 0.223. The number of piperidine rings is 1. The van der Waals surface area contributed by atoms with Crippen molar-refractivity contribution in [2.75, 3.05) is 31.6 Å². The fourth-order valence-corrected chi connectivity index (χ4v) is 5.76. The maximum Gasteiger partial charge on any atom is 0.276 e. The number of aromatic amines is 1. The molecule has 3 aromatic carbocycles. The van der Waals surface area contributed by atoms with Gasteiger partial charge in [0.15, 0.2) is 5.69 Å². The number of nitrogens with one attached hydrogen (secondary N) is 2. The van der Waals surface area contributed by atoms with E-state index in [0.717, 1.165) is 73.7 Å². The molecule has 1 saturated heterocycles. The van der Waals surface area contributed by atoms with Crippen molar-refractivity contribution < 1.29 is 9.90 Å². The highest BCUT2D eigenvalue weighted by Crippen LogP contribution is 2.27. The van der Waals surface area contributed by atoms with Gasteiger partial charge in [-0.1, -0.05) is 48.5 Å². The van der Waals surface area contributed by atoms with Crippen LogP contribution in [0, 0.1) is 5.92 Å². The quantitative estimate of drug-likeness (QED) is 0.230. The minimum atomic E-state index is -0.251. The van der Waals surface area contributed by atoms with E-state index in [1.54, 1.807) is 6.07 Å². The maximum absolute atomic E-state index is 13.4. The lowest BCUT2D eigenvalue weighted by Gasteiger charge is -2.32. The van der Waals surface area contributed by atoms with E-state index in [-0.39, 0.29) is 18.1 Å². The van der Waals surface area contributed by atoms with E-state index < -0.39 is 0 Å². The molecule has 0 atom stereocenters. The Morgan fingerprint density at radius 1 is 0.927 bits per heavy atom. The van der Waals surface area contributed by atoms with Crippen molar-refractivity contribution in [3.8, 4) is 11.3 Å². The molecule has 5 aromatic rings. The third-order valence-electron chi connectivity index (χ3n) is 8.01. The average Bonchev–Trinajstić information content (AvgIpc) is 3.37. The van der Waals surface area contributed by atoms with E-state index >= 15 is 0 Å². The number of carbonyl (C=O) groups excluding carboxylic acids is 1. The molecule has 9 nitrogen and oxygen atoms in total. The molecule has 6 rings (SSSR count). The van der Waals surface area contributed by atoms with Gasteiger partial charge in [0.1, 0.15) is 0 Å². The van der Waals surface area contributed by atoms with Crippen molar-refractivity contribution in [2.24, 2.45) is 5.92 Å². The molecule has 0 saturated carbocycles. The summed E-state index contributed by atoms with van der Waals surface area (Å²) in [7, 11) is 0. The lowest BCUT2D eigenvalue weighted by molar-refractivity contribution is 0.102. The number of H-pyrrole nitrogens is 1. The summed E-state index contributed by atoms with van der Waals surface area (Å²) in [5.41, 5.74) is 3.33. The van der Waals surface area contributed by atoms with Crippen LogP contribution in [0.2, 0.25) is 0 Å². The molecular formula is C32H34N6O3. The fraction of sp³-hybridized carbons (Fsp3) is 0.312. The molecule has 9 heteroatoms. The van der Waals surface area contributed by atoms with Gasteiger partial charge in [0.2, 0.25) is 0 Å². The first kappa shape index (κ1) is 26.9. The Bertz CT molecular complexity index is 1720. The first-order valence-corrected chi connectivity index (χ1v) is 14.3. The summed E-state index contributed by atoms with van der Waals surface area (Å²) in [6, 6.07) is 22.7. The van der Waals surface area contributed by atoms with Gasteiger partial charge in [-0.15, -0.1) is 0 Å². The van der Waals surface area contributed by atoms with Crippen molar-refractivity contribution in [1.29, 1.82) is 0 Å². The summed E-state index contributed by atoms with van der Waals surface area (Å²) < 4.78 is 1.99. The third-order valence-corrected chi connectivity index (χ3v) is 8.01. The van der Waals surface area contributed by atoms with Crippen molar-refractivity contribution in [1.82, 2.24) is 24.9 Å². The summed E-state index contributed by atoms with van der Waals surface area (Å²) in [6.07, 6.45) is 4.09. The third kappa shape index (κ3) is 5.77. The number of aliphatic hydroxyl groups is 1. The molecule has 2 aromatic heterocycles. The molecule has 0 aliphatic carbocycles. The van der Waals surface area contributed by atoms with Crippen LogP contribution < -0.4 is 10.9 Å². The Morgan fingerprint density at radius 3 is 2.39 bits per heavy atom. The standard InChI is InChI=1S/C32H34N6O3/c39-20-6-5-17-37-18-15-22(16-19-37)21-38-28-10-4-3-9-27(28)30(36-38)32(41)33-24-13-11-23(12-14-24)29-25-7-1-2-8-26(25)31(40)35-34-29/h1-4,7-14,22,39H,5-6,15-21H2,(H,33,41)(H,35,40). The minimum Gasteiger partial charge on any atom is -0.396 e. The molecule has 41 heavy (non-hydrogen) atoms. The number of rotatable bonds is 9. The zero-order chi connectivity index (χ0) is 28.2. The van der Waals surface area contributed by atoms with Gasteiger partial charge in [-0.05, 0) is 75.5 Å². The number of fused-ring (bicyclic) bond motifs is 2. The van der Waals surface area contributed by atoms with E-state index in [2.05, 4.69) is 20.4 Å². The molecule has 1 amide bonds. The number of unbranched alkanes of at least 4 members (excludes halogenated alkanes) is 1. The number of hydrogen-bond acceptors (Lipinski definition) is 6. The van der Waals surface area contributed by atoms with Crippen LogP contribution in [0.3, 0.4) is 0 Å². The van der Waals surface area contributed by atoms with Gasteiger partial charge in [-0.2, -0.15) is 10.2 Å². The number of aromatic nitrogens is 4. The molecular weight excluding hydrogens is 516 g/mol. The molecule has 1 aliphatic rings. The van der Waals surface area contributed by atoms with Crippen molar-refractivity contribution in [3.05, 3.63) is 88.8 Å². The molecule has 1 fully saturated rings. The molecule has 0 unspecified atom stereocenters. The maximum atomic E-state index is 13.4. The Morgan fingerprint density at radius 2 is 1.63 bits per heavy atom. The smallest absolute Gasteiger partial charge is 0.276 e. The lowest BCUT2D eigenvalue weighted by Crippen LogP contribution is -2.35. The Hall–Kier alpha value is -4.34. The van der Waals surface area contributed by atoms with Crippen molar-refractivity contribution >= 4 is 33.3 Å². The number of anilines is 1. The highest BCUT2D eigenvalue weighted by molar-refractivity contribution is 6.11. The number of nitrogens with zero attached hydrogens (tertiary/aromatic N) is 4. The van der Waals surface area contributed by atoms with Gasteiger partial charge in [0.05, 0.1) is 16.6 Å². The van der Waals surface area contributed by atoms with Crippen LogP contribution in [0.25, 0.3) is 32.9 Å². The topological polar surface area (TPSA) is 116 Å². The Labute approximate surface area is 237 Å². The highest BCUT2D eigenvalue weighted by Gasteiger charge is 2.23. The van der Waals surface area contributed by atoms with E-state index in [4.69, 9.17) is 10.2 Å². The van der Waals surface area contributed by atoms with Crippen LogP contribution in [-0.2, 0) is 6.54 Å². The number of aliphatic hydroxyl groups excluding tert-OH is 1. The zero-order valence-electron chi connectivity index (χ0n) is 22.9. The summed E-state index contributed by atoms with van der Waals surface area (Å²) in [5.74, 6) is 0.257. The molecule has 3 N–H and O–H groups in total. The van der Waals surface area contributed by atoms with Crippen LogP contribution in [0.5, 0.6) is 0 Å². The largest absolute Gasteiger partial charge is 0.396 e. The van der Waals surface area contributed by atoms with Crippen LogP contribution >= 0.6 is 0 Å². The van der Waals surface area contributed by atoms with Gasteiger partial charge in [-0.25, -0.2) is 5.10 Å². The number of benzene rings is 3. The summed E-state index contributed by atoms with van der Waals surface area (Å²) in [5, 5.41) is 25.9. The molecule has 1 aliphatic heterocycles. The number of carbonyl (C=O) groups is 1. The fourth-order valence-electron chi connectivity index (χ4n) is 5.76. The summed E-state index contributed by atoms with van der Waals surface area (Å²) in [6.45, 7) is 4.20. The van der Waals surface area contributed by atoms with E-state index in [9.17, 15) is 9.59 Å². The first-order valence-electron chi connectivity index (χ1n) is 14.3. The van der Waals surface area contributed by atoms with Crippen LogP contribution in [-0.4, -0.2) is 62.1 Å².